The molecule has 1 saturated heterocycles. The van der Waals surface area contributed by atoms with Gasteiger partial charge in [0.15, 0.2) is 0 Å². The number of nitrogens with one attached hydrogen (secondary N) is 1. The van der Waals surface area contributed by atoms with Gasteiger partial charge in [-0.15, -0.1) is 11.8 Å². The van der Waals surface area contributed by atoms with E-state index in [1.807, 2.05) is 30.6 Å². The summed E-state index contributed by atoms with van der Waals surface area (Å²) in [5.74, 6) is 3.00. The van der Waals surface area contributed by atoms with Gasteiger partial charge < -0.3 is 5.32 Å². The highest BCUT2D eigenvalue weighted by molar-refractivity contribution is 9.10. The number of rotatable bonds is 4. The Bertz CT molecular complexity index is 470. The van der Waals surface area contributed by atoms with E-state index in [0.29, 0.717) is 15.7 Å². The summed E-state index contributed by atoms with van der Waals surface area (Å²) in [5, 5.41) is 4.95. The van der Waals surface area contributed by atoms with Crippen molar-refractivity contribution in [3.8, 4) is 0 Å². The zero-order valence-electron chi connectivity index (χ0n) is 12.4. The Morgan fingerprint density at radius 1 is 1.30 bits per heavy atom. The van der Waals surface area contributed by atoms with E-state index in [4.69, 9.17) is 9.97 Å². The quantitative estimate of drug-likeness (QED) is 0.836. The summed E-state index contributed by atoms with van der Waals surface area (Å²) in [6.07, 6.45) is 2.08. The van der Waals surface area contributed by atoms with Crippen molar-refractivity contribution < 1.29 is 0 Å². The lowest BCUT2D eigenvalue weighted by Crippen LogP contribution is -2.23. The van der Waals surface area contributed by atoms with E-state index in [0.717, 1.165) is 40.4 Å². The second kappa shape index (κ2) is 7.36. The Kier molecular flexibility index (Phi) is 6.05. The van der Waals surface area contributed by atoms with Crippen molar-refractivity contribution >= 4 is 45.3 Å². The Morgan fingerprint density at radius 3 is 2.65 bits per heavy atom. The summed E-state index contributed by atoms with van der Waals surface area (Å²) < 4.78 is 1.01. The fraction of sp³-hybridized carbons (Fsp3) is 0.714. The first-order valence-electron chi connectivity index (χ1n) is 7.07. The number of hydrogen-bond donors (Lipinski definition) is 1. The second-order valence-electron chi connectivity index (χ2n) is 5.06. The van der Waals surface area contributed by atoms with E-state index in [-0.39, 0.29) is 0 Å². The minimum atomic E-state index is 0.405. The summed E-state index contributed by atoms with van der Waals surface area (Å²) in [6.45, 7) is 6.80. The molecule has 0 aromatic carbocycles. The maximum absolute atomic E-state index is 4.82. The van der Waals surface area contributed by atoms with Crippen LogP contribution in [0, 0.1) is 0 Å². The van der Waals surface area contributed by atoms with Crippen molar-refractivity contribution in [2.45, 2.75) is 49.4 Å². The van der Waals surface area contributed by atoms with Gasteiger partial charge in [-0.05, 0) is 22.4 Å². The lowest BCUT2D eigenvalue weighted by atomic mass is 10.2. The normalized spacial score (nSPS) is 26.6. The van der Waals surface area contributed by atoms with Crippen LogP contribution >= 0.6 is 39.5 Å². The van der Waals surface area contributed by atoms with Crippen LogP contribution in [-0.2, 0) is 6.42 Å². The summed E-state index contributed by atoms with van der Waals surface area (Å²) in [5.41, 5.74) is 1.12. The highest BCUT2D eigenvalue weighted by Gasteiger charge is 2.29. The zero-order chi connectivity index (χ0) is 14.7. The van der Waals surface area contributed by atoms with Crippen molar-refractivity contribution in [3.63, 3.8) is 0 Å². The van der Waals surface area contributed by atoms with Crippen LogP contribution in [0.4, 0.5) is 5.82 Å². The molecule has 3 unspecified atom stereocenters. The van der Waals surface area contributed by atoms with Crippen LogP contribution in [0.15, 0.2) is 4.47 Å². The van der Waals surface area contributed by atoms with Crippen LogP contribution in [0.5, 0.6) is 0 Å². The predicted molar refractivity (Wildman–Crippen MR) is 95.0 cm³/mol. The molecule has 0 saturated carbocycles. The maximum atomic E-state index is 4.82. The molecule has 3 atom stereocenters. The van der Waals surface area contributed by atoms with E-state index in [1.54, 1.807) is 0 Å². The van der Waals surface area contributed by atoms with Gasteiger partial charge in [-0.3, -0.25) is 0 Å². The van der Waals surface area contributed by atoms with E-state index in [2.05, 4.69) is 42.0 Å². The fourth-order valence-corrected chi connectivity index (χ4v) is 5.56. The third-order valence-corrected chi connectivity index (χ3v) is 7.72. The molecule has 2 rings (SSSR count). The van der Waals surface area contributed by atoms with Gasteiger partial charge in [-0.25, -0.2) is 9.97 Å². The maximum Gasteiger partial charge on any atom is 0.144 e. The molecule has 3 nitrogen and oxygen atoms in total. The largest absolute Gasteiger partial charge is 0.372 e. The predicted octanol–water partition coefficient (Wildman–Crippen LogP) is 4.53. The second-order valence-corrected chi connectivity index (χ2v) is 8.85. The lowest BCUT2D eigenvalue weighted by Gasteiger charge is -2.30. The molecule has 1 aromatic rings. The number of halogens is 1. The number of aromatic nitrogens is 2. The summed E-state index contributed by atoms with van der Waals surface area (Å²) in [4.78, 5) is 9.54. The molecular weight excluding hydrogens is 354 g/mol. The van der Waals surface area contributed by atoms with Gasteiger partial charge in [0.25, 0.3) is 0 Å². The number of thioether (sulfide) groups is 2. The summed E-state index contributed by atoms with van der Waals surface area (Å²) in [7, 11) is 1.92. The first kappa shape index (κ1) is 16.4. The molecule has 1 fully saturated rings. The molecule has 20 heavy (non-hydrogen) atoms. The van der Waals surface area contributed by atoms with E-state index in [1.165, 1.54) is 0 Å². The summed E-state index contributed by atoms with van der Waals surface area (Å²) >= 11 is 7.67. The topological polar surface area (TPSA) is 37.8 Å². The van der Waals surface area contributed by atoms with Crippen LogP contribution < -0.4 is 5.32 Å². The van der Waals surface area contributed by atoms with Gasteiger partial charge >= 0.3 is 0 Å². The van der Waals surface area contributed by atoms with Crippen LogP contribution in [0.3, 0.4) is 0 Å². The number of hydrogen-bond acceptors (Lipinski definition) is 5. The molecule has 0 bridgehead atoms. The Labute approximate surface area is 138 Å². The van der Waals surface area contributed by atoms with Crippen LogP contribution in [0.25, 0.3) is 0 Å². The third-order valence-electron chi connectivity index (χ3n) is 3.50. The van der Waals surface area contributed by atoms with Crippen molar-refractivity contribution in [1.82, 2.24) is 9.97 Å². The highest BCUT2D eigenvalue weighted by atomic mass is 79.9. The molecule has 112 valence electrons. The SMILES string of the molecule is CCCc1nc(C2CSC(C)C(C)S2)nc(NC)c1Br. The minimum absolute atomic E-state index is 0.405. The Hall–Kier alpha value is 0.0600. The van der Waals surface area contributed by atoms with Crippen LogP contribution in [0.2, 0.25) is 0 Å². The van der Waals surface area contributed by atoms with Gasteiger partial charge in [0.05, 0.1) is 15.4 Å². The van der Waals surface area contributed by atoms with Gasteiger partial charge in [0, 0.05) is 23.3 Å². The Morgan fingerprint density at radius 2 is 2.05 bits per heavy atom. The van der Waals surface area contributed by atoms with Gasteiger partial charge in [0.2, 0.25) is 0 Å². The molecule has 0 radical (unpaired) electrons. The summed E-state index contributed by atoms with van der Waals surface area (Å²) in [6, 6.07) is 0. The van der Waals surface area contributed by atoms with Crippen molar-refractivity contribution in [2.75, 3.05) is 18.1 Å². The number of nitrogens with zero attached hydrogens (tertiary/aromatic N) is 2. The monoisotopic (exact) mass is 375 g/mol. The highest BCUT2D eigenvalue weighted by Crippen LogP contribution is 2.43. The minimum Gasteiger partial charge on any atom is -0.372 e. The molecule has 0 aliphatic carbocycles. The van der Waals surface area contributed by atoms with Crippen LogP contribution in [0.1, 0.15) is 44.0 Å². The molecule has 1 aliphatic rings. The molecule has 0 amide bonds. The van der Waals surface area contributed by atoms with Gasteiger partial charge in [0.1, 0.15) is 11.6 Å². The van der Waals surface area contributed by atoms with Crippen molar-refractivity contribution in [3.05, 3.63) is 16.0 Å². The first-order valence-corrected chi connectivity index (χ1v) is 9.86. The van der Waals surface area contributed by atoms with Gasteiger partial charge in [-0.2, -0.15) is 11.8 Å². The number of anilines is 1. The van der Waals surface area contributed by atoms with Gasteiger partial charge in [-0.1, -0.05) is 27.2 Å². The van der Waals surface area contributed by atoms with Crippen molar-refractivity contribution in [1.29, 1.82) is 0 Å². The number of aryl methyl sites for hydroxylation is 1. The van der Waals surface area contributed by atoms with E-state index in [9.17, 15) is 0 Å². The molecule has 2 heterocycles. The van der Waals surface area contributed by atoms with E-state index < -0.39 is 0 Å². The van der Waals surface area contributed by atoms with Crippen LogP contribution in [-0.4, -0.2) is 33.3 Å². The average Bonchev–Trinajstić information content (AvgIpc) is 2.44. The molecular formula is C14H22BrN3S2. The first-order chi connectivity index (χ1) is 9.56. The zero-order valence-corrected chi connectivity index (χ0v) is 15.7. The molecule has 1 N–H and O–H groups in total. The molecule has 1 aromatic heterocycles. The molecule has 1 aliphatic heterocycles. The smallest absolute Gasteiger partial charge is 0.144 e. The lowest BCUT2D eigenvalue weighted by molar-refractivity contribution is 0.811. The fourth-order valence-electron chi connectivity index (χ4n) is 2.14. The van der Waals surface area contributed by atoms with E-state index >= 15 is 0 Å². The molecule has 6 heteroatoms. The third kappa shape index (κ3) is 3.63. The molecule has 0 spiro atoms. The average molecular weight is 376 g/mol. The standard InChI is InChI=1S/C14H22BrN3S2/c1-5-6-10-12(15)14(16-4)18-13(17-10)11-7-19-8(2)9(3)20-11/h8-9,11H,5-7H2,1-4H3,(H,16,17,18). The van der Waals surface area contributed by atoms with Crippen molar-refractivity contribution in [2.24, 2.45) is 0 Å². The Balaban J connectivity index is 2.29.